The van der Waals surface area contributed by atoms with E-state index in [0.717, 1.165) is 28.1 Å². The van der Waals surface area contributed by atoms with E-state index in [1.165, 1.54) is 0 Å². The van der Waals surface area contributed by atoms with E-state index in [1.54, 1.807) is 17.5 Å². The molecule has 0 saturated carbocycles. The molecule has 0 radical (unpaired) electrons. The van der Waals surface area contributed by atoms with Crippen LogP contribution in [0.1, 0.15) is 11.1 Å². The van der Waals surface area contributed by atoms with Crippen molar-refractivity contribution in [2.24, 2.45) is 0 Å². The minimum Gasteiger partial charge on any atom is -0.454 e. The SMILES string of the molecule is O=C(NCc1ccc2c(c1)OCO2)NCc1cccnc1-c1ccsc1. The number of hydrogen-bond donors (Lipinski definition) is 2. The molecule has 1 aliphatic rings. The summed E-state index contributed by atoms with van der Waals surface area (Å²) in [5.41, 5.74) is 3.88. The van der Waals surface area contributed by atoms with E-state index in [2.05, 4.69) is 15.6 Å². The average Bonchev–Trinajstić information content (AvgIpc) is 3.36. The molecule has 6 nitrogen and oxygen atoms in total. The van der Waals surface area contributed by atoms with Gasteiger partial charge in [-0.15, -0.1) is 0 Å². The molecule has 2 amide bonds. The molecule has 0 atom stereocenters. The van der Waals surface area contributed by atoms with E-state index in [1.807, 2.05) is 47.2 Å². The van der Waals surface area contributed by atoms with Gasteiger partial charge >= 0.3 is 6.03 Å². The normalized spacial score (nSPS) is 12.0. The molecule has 0 bridgehead atoms. The minimum atomic E-state index is -0.234. The lowest BCUT2D eigenvalue weighted by atomic mass is 10.1. The molecule has 0 spiro atoms. The lowest BCUT2D eigenvalue weighted by Crippen LogP contribution is -2.34. The van der Waals surface area contributed by atoms with Crippen LogP contribution in [0.2, 0.25) is 0 Å². The molecule has 0 saturated heterocycles. The second kappa shape index (κ2) is 7.45. The molecule has 26 heavy (non-hydrogen) atoms. The summed E-state index contributed by atoms with van der Waals surface area (Å²) < 4.78 is 10.6. The third-order valence-corrected chi connectivity index (χ3v) is 4.70. The number of fused-ring (bicyclic) bond motifs is 1. The van der Waals surface area contributed by atoms with Gasteiger partial charge in [-0.3, -0.25) is 4.98 Å². The highest BCUT2D eigenvalue weighted by molar-refractivity contribution is 7.08. The molecule has 4 rings (SSSR count). The van der Waals surface area contributed by atoms with E-state index >= 15 is 0 Å². The average molecular weight is 367 g/mol. The molecule has 0 fully saturated rings. The molecular weight excluding hydrogens is 350 g/mol. The van der Waals surface area contributed by atoms with E-state index in [9.17, 15) is 4.79 Å². The summed E-state index contributed by atoms with van der Waals surface area (Å²) in [6.07, 6.45) is 1.76. The van der Waals surface area contributed by atoms with Gasteiger partial charge in [-0.05, 0) is 40.8 Å². The number of rotatable bonds is 5. The Hall–Kier alpha value is -3.06. The van der Waals surface area contributed by atoms with Crippen molar-refractivity contribution in [3.63, 3.8) is 0 Å². The molecule has 7 heteroatoms. The smallest absolute Gasteiger partial charge is 0.315 e. The highest BCUT2D eigenvalue weighted by atomic mass is 32.1. The largest absolute Gasteiger partial charge is 0.454 e. The van der Waals surface area contributed by atoms with E-state index in [0.29, 0.717) is 18.8 Å². The number of hydrogen-bond acceptors (Lipinski definition) is 5. The third kappa shape index (κ3) is 3.62. The first-order valence-electron chi connectivity index (χ1n) is 8.16. The first-order chi connectivity index (χ1) is 12.8. The van der Waals surface area contributed by atoms with Crippen LogP contribution < -0.4 is 20.1 Å². The van der Waals surface area contributed by atoms with Crippen molar-refractivity contribution in [2.45, 2.75) is 13.1 Å². The summed E-state index contributed by atoms with van der Waals surface area (Å²) >= 11 is 1.62. The highest BCUT2D eigenvalue weighted by Crippen LogP contribution is 2.32. The Kier molecular flexibility index (Phi) is 4.70. The summed E-state index contributed by atoms with van der Waals surface area (Å²) in [4.78, 5) is 16.6. The molecule has 2 N–H and O–H groups in total. The maximum atomic E-state index is 12.1. The highest BCUT2D eigenvalue weighted by Gasteiger charge is 2.13. The molecule has 3 aromatic rings. The Bertz CT molecular complexity index is 912. The van der Waals surface area contributed by atoms with Crippen molar-refractivity contribution in [3.05, 3.63) is 64.5 Å². The number of benzene rings is 1. The Morgan fingerprint density at radius 2 is 2.00 bits per heavy atom. The lowest BCUT2D eigenvalue weighted by Gasteiger charge is -2.10. The molecule has 1 aliphatic heterocycles. The maximum absolute atomic E-state index is 12.1. The van der Waals surface area contributed by atoms with Gasteiger partial charge in [0, 0.05) is 30.2 Å². The van der Waals surface area contributed by atoms with E-state index in [4.69, 9.17) is 9.47 Å². The van der Waals surface area contributed by atoms with Crippen LogP contribution in [-0.2, 0) is 13.1 Å². The number of carbonyl (C=O) groups is 1. The molecule has 0 aliphatic carbocycles. The maximum Gasteiger partial charge on any atom is 0.315 e. The third-order valence-electron chi connectivity index (χ3n) is 4.02. The molecular formula is C19H17N3O3S. The van der Waals surface area contributed by atoms with E-state index in [-0.39, 0.29) is 12.8 Å². The standard InChI is InChI=1S/C19H17N3O3S/c23-19(21-9-13-3-4-16-17(8-13)25-12-24-16)22-10-14-2-1-6-20-18(14)15-5-7-26-11-15/h1-8,11H,9-10,12H2,(H2,21,22,23). The second-order valence-electron chi connectivity index (χ2n) is 5.75. The molecule has 0 unspecified atom stereocenters. The monoisotopic (exact) mass is 367 g/mol. The number of urea groups is 1. The Labute approximate surface area is 154 Å². The predicted molar refractivity (Wildman–Crippen MR) is 99.2 cm³/mol. The zero-order valence-electron chi connectivity index (χ0n) is 13.9. The van der Waals surface area contributed by atoms with Crippen molar-refractivity contribution in [3.8, 4) is 22.8 Å². The van der Waals surface area contributed by atoms with Crippen molar-refractivity contribution in [2.75, 3.05) is 6.79 Å². The van der Waals surface area contributed by atoms with Crippen LogP contribution in [0.5, 0.6) is 11.5 Å². The second-order valence-corrected chi connectivity index (χ2v) is 6.53. The minimum absolute atomic E-state index is 0.234. The van der Waals surface area contributed by atoms with Crippen LogP contribution in [0.4, 0.5) is 4.79 Å². The van der Waals surface area contributed by atoms with Crippen LogP contribution in [0.15, 0.2) is 53.4 Å². The number of nitrogens with zero attached hydrogens (tertiary/aromatic N) is 1. The van der Waals surface area contributed by atoms with Gasteiger partial charge in [0.15, 0.2) is 11.5 Å². The lowest BCUT2D eigenvalue weighted by molar-refractivity contribution is 0.174. The number of amides is 2. The Morgan fingerprint density at radius 1 is 1.12 bits per heavy atom. The van der Waals surface area contributed by atoms with Gasteiger partial charge < -0.3 is 20.1 Å². The van der Waals surface area contributed by atoms with Crippen LogP contribution in [-0.4, -0.2) is 17.8 Å². The number of nitrogens with one attached hydrogen (secondary N) is 2. The molecule has 3 heterocycles. The summed E-state index contributed by atoms with van der Waals surface area (Å²) in [6, 6.07) is 11.3. The van der Waals surface area contributed by atoms with E-state index < -0.39 is 0 Å². The van der Waals surface area contributed by atoms with Gasteiger partial charge in [-0.25, -0.2) is 4.79 Å². The summed E-state index contributed by atoms with van der Waals surface area (Å²) in [7, 11) is 0. The number of pyridine rings is 1. The van der Waals surface area contributed by atoms with Crippen LogP contribution in [0, 0.1) is 0 Å². The predicted octanol–water partition coefficient (Wildman–Crippen LogP) is 3.54. The Balaban J connectivity index is 1.33. The molecule has 2 aromatic heterocycles. The van der Waals surface area contributed by atoms with Crippen LogP contribution in [0.3, 0.4) is 0 Å². The molecule has 1 aromatic carbocycles. The van der Waals surface area contributed by atoms with Gasteiger partial charge in [0.25, 0.3) is 0 Å². The number of thiophene rings is 1. The summed E-state index contributed by atoms with van der Waals surface area (Å²) in [5, 5.41) is 9.79. The van der Waals surface area contributed by atoms with Crippen molar-refractivity contribution in [1.29, 1.82) is 0 Å². The van der Waals surface area contributed by atoms with Gasteiger partial charge in [-0.2, -0.15) is 11.3 Å². The Morgan fingerprint density at radius 3 is 2.88 bits per heavy atom. The van der Waals surface area contributed by atoms with Gasteiger partial charge in [0.2, 0.25) is 6.79 Å². The van der Waals surface area contributed by atoms with Crippen molar-refractivity contribution >= 4 is 17.4 Å². The fraction of sp³-hybridized carbons (Fsp3) is 0.158. The fourth-order valence-electron chi connectivity index (χ4n) is 2.71. The van der Waals surface area contributed by atoms with Crippen LogP contribution >= 0.6 is 11.3 Å². The van der Waals surface area contributed by atoms with Gasteiger partial charge in [0.05, 0.1) is 5.69 Å². The number of ether oxygens (including phenoxy) is 2. The zero-order valence-corrected chi connectivity index (χ0v) is 14.7. The topological polar surface area (TPSA) is 72.5 Å². The quantitative estimate of drug-likeness (QED) is 0.723. The zero-order chi connectivity index (χ0) is 17.8. The summed E-state index contributed by atoms with van der Waals surface area (Å²) in [5.74, 6) is 1.44. The first-order valence-corrected chi connectivity index (χ1v) is 9.10. The summed E-state index contributed by atoms with van der Waals surface area (Å²) in [6.45, 7) is 1.06. The molecule has 132 valence electrons. The fourth-order valence-corrected chi connectivity index (χ4v) is 3.35. The van der Waals surface area contributed by atoms with Gasteiger partial charge in [0.1, 0.15) is 0 Å². The number of carbonyl (C=O) groups excluding carboxylic acids is 1. The van der Waals surface area contributed by atoms with Crippen LogP contribution in [0.25, 0.3) is 11.3 Å². The number of aromatic nitrogens is 1. The van der Waals surface area contributed by atoms with Gasteiger partial charge in [-0.1, -0.05) is 12.1 Å². The van der Waals surface area contributed by atoms with Crippen molar-refractivity contribution < 1.29 is 14.3 Å². The van der Waals surface area contributed by atoms with Crippen molar-refractivity contribution in [1.82, 2.24) is 15.6 Å². The first kappa shape index (κ1) is 16.4.